The molecule has 0 aromatic rings. The van der Waals surface area contributed by atoms with Gasteiger partial charge in [0, 0.05) is 12.8 Å². The van der Waals surface area contributed by atoms with Gasteiger partial charge in [-0.3, -0.25) is 14.4 Å². The maximum absolute atomic E-state index is 12.9. The average Bonchev–Trinajstić information content (AvgIpc) is 3.40. The fraction of sp³-hybridized carbons (Fsp3) is 0.721. The highest BCUT2D eigenvalue weighted by molar-refractivity contribution is 5.72. The molecule has 1 atom stereocenters. The van der Waals surface area contributed by atoms with Crippen molar-refractivity contribution in [1.82, 2.24) is 0 Å². The van der Waals surface area contributed by atoms with Gasteiger partial charge in [0.2, 0.25) is 0 Å². The molecule has 0 bridgehead atoms. The van der Waals surface area contributed by atoms with Gasteiger partial charge in [-0.25, -0.2) is 0 Å². The Morgan fingerprint density at radius 1 is 0.297 bits per heavy atom. The van der Waals surface area contributed by atoms with Crippen molar-refractivity contribution >= 4 is 17.9 Å². The Kier molecular flexibility index (Phi) is 58.8. The van der Waals surface area contributed by atoms with Crippen molar-refractivity contribution in [3.05, 3.63) is 97.2 Å². The van der Waals surface area contributed by atoms with Crippen LogP contribution in [0.4, 0.5) is 0 Å². The third kappa shape index (κ3) is 59.2. The zero-order valence-corrected chi connectivity index (χ0v) is 48.6. The fourth-order valence-electron chi connectivity index (χ4n) is 8.66. The molecule has 0 aliphatic rings. The van der Waals surface area contributed by atoms with E-state index in [1.807, 2.05) is 6.08 Å². The monoisotopic (exact) mass is 1030 g/mol. The molecule has 0 rings (SSSR count). The average molecular weight is 1030 g/mol. The second-order valence-electron chi connectivity index (χ2n) is 20.6. The van der Waals surface area contributed by atoms with E-state index in [2.05, 4.69) is 106 Å². The van der Waals surface area contributed by atoms with Crippen LogP contribution in [0.5, 0.6) is 0 Å². The minimum absolute atomic E-state index is 0.111. The summed E-state index contributed by atoms with van der Waals surface area (Å²) in [6.07, 6.45) is 82.9. The third-order valence-electron chi connectivity index (χ3n) is 13.3. The normalized spacial score (nSPS) is 12.7. The number of carbonyl (C=O) groups excluding carboxylic acids is 3. The maximum Gasteiger partial charge on any atom is 0.309 e. The molecule has 1 unspecified atom stereocenters. The summed E-state index contributed by atoms with van der Waals surface area (Å²) in [6.45, 7) is 6.44. The maximum atomic E-state index is 12.9. The summed E-state index contributed by atoms with van der Waals surface area (Å²) in [6, 6.07) is 0. The van der Waals surface area contributed by atoms with E-state index in [0.29, 0.717) is 12.8 Å². The highest BCUT2D eigenvalue weighted by Crippen LogP contribution is 2.16. The lowest BCUT2D eigenvalue weighted by molar-refractivity contribution is -0.166. The summed E-state index contributed by atoms with van der Waals surface area (Å²) >= 11 is 0. The Morgan fingerprint density at radius 2 is 0.581 bits per heavy atom. The summed E-state index contributed by atoms with van der Waals surface area (Å²) in [5, 5.41) is 0. The first-order valence-electron chi connectivity index (χ1n) is 31.2. The third-order valence-corrected chi connectivity index (χ3v) is 13.3. The van der Waals surface area contributed by atoms with E-state index in [-0.39, 0.29) is 31.6 Å². The molecule has 6 nitrogen and oxygen atoms in total. The van der Waals surface area contributed by atoms with Gasteiger partial charge in [0.15, 0.2) is 6.10 Å². The van der Waals surface area contributed by atoms with Gasteiger partial charge in [0.1, 0.15) is 13.2 Å². The molecule has 6 heteroatoms. The van der Waals surface area contributed by atoms with Crippen molar-refractivity contribution < 1.29 is 28.6 Å². The van der Waals surface area contributed by atoms with Gasteiger partial charge in [0.25, 0.3) is 0 Å². The van der Waals surface area contributed by atoms with Crippen LogP contribution in [0.25, 0.3) is 0 Å². The molecule has 0 radical (unpaired) electrons. The van der Waals surface area contributed by atoms with Crippen molar-refractivity contribution in [2.24, 2.45) is 0 Å². The predicted molar refractivity (Wildman–Crippen MR) is 320 cm³/mol. The van der Waals surface area contributed by atoms with Crippen molar-refractivity contribution in [1.29, 1.82) is 0 Å². The molecule has 0 saturated carbocycles. The minimum atomic E-state index is -0.824. The largest absolute Gasteiger partial charge is 0.462 e. The van der Waals surface area contributed by atoms with Crippen molar-refractivity contribution in [3.63, 3.8) is 0 Å². The summed E-state index contributed by atoms with van der Waals surface area (Å²) < 4.78 is 16.8. The molecule has 0 saturated heterocycles. The molecule has 0 fully saturated rings. The van der Waals surface area contributed by atoms with Crippen LogP contribution in [0.3, 0.4) is 0 Å². The number of ether oxygens (including phenoxy) is 3. The molecule has 0 aliphatic carbocycles. The van der Waals surface area contributed by atoms with Crippen LogP contribution in [-0.4, -0.2) is 37.2 Å². The first-order chi connectivity index (χ1) is 36.5. The Morgan fingerprint density at radius 3 is 0.973 bits per heavy atom. The smallest absolute Gasteiger partial charge is 0.309 e. The van der Waals surface area contributed by atoms with Crippen LogP contribution >= 0.6 is 0 Å². The van der Waals surface area contributed by atoms with Crippen molar-refractivity contribution in [3.8, 4) is 0 Å². The molecule has 0 amide bonds. The molecule has 0 aromatic carbocycles. The van der Waals surface area contributed by atoms with Gasteiger partial charge in [-0.2, -0.15) is 0 Å². The quantitative estimate of drug-likeness (QED) is 0.0261. The molecule has 74 heavy (non-hydrogen) atoms. The van der Waals surface area contributed by atoms with Crippen LogP contribution in [0.2, 0.25) is 0 Å². The van der Waals surface area contributed by atoms with E-state index < -0.39 is 12.1 Å². The van der Waals surface area contributed by atoms with Gasteiger partial charge < -0.3 is 14.2 Å². The molecular formula is C68H116O6. The van der Waals surface area contributed by atoms with Gasteiger partial charge >= 0.3 is 17.9 Å². The molecule has 424 valence electrons. The first kappa shape index (κ1) is 70.3. The number of carbonyl (C=O) groups is 3. The highest BCUT2D eigenvalue weighted by atomic mass is 16.6. The zero-order valence-electron chi connectivity index (χ0n) is 48.6. The zero-order chi connectivity index (χ0) is 53.6. The van der Waals surface area contributed by atoms with Gasteiger partial charge in [-0.1, -0.05) is 272 Å². The van der Waals surface area contributed by atoms with Crippen LogP contribution in [0.15, 0.2) is 97.2 Å². The lowest BCUT2D eigenvalue weighted by Crippen LogP contribution is -2.30. The van der Waals surface area contributed by atoms with Crippen LogP contribution in [-0.2, 0) is 28.6 Å². The van der Waals surface area contributed by atoms with Crippen LogP contribution in [0, 0.1) is 0 Å². The Balaban J connectivity index is 4.42. The Bertz CT molecular complexity index is 1460. The number of unbranched alkanes of at least 4 members (excludes halogenated alkanes) is 30. The fourth-order valence-corrected chi connectivity index (χ4v) is 8.66. The number of rotatable bonds is 56. The molecule has 0 aliphatic heterocycles. The van der Waals surface area contributed by atoms with E-state index in [4.69, 9.17) is 14.2 Å². The number of esters is 3. The lowest BCUT2D eigenvalue weighted by atomic mass is 10.0. The van der Waals surface area contributed by atoms with Crippen molar-refractivity contribution in [2.75, 3.05) is 13.2 Å². The second-order valence-corrected chi connectivity index (χ2v) is 20.6. The Labute approximate surface area is 457 Å². The van der Waals surface area contributed by atoms with E-state index in [1.165, 1.54) is 173 Å². The summed E-state index contributed by atoms with van der Waals surface area (Å²) in [5.41, 5.74) is 0. The van der Waals surface area contributed by atoms with Gasteiger partial charge in [-0.15, -0.1) is 0 Å². The lowest BCUT2D eigenvalue weighted by Gasteiger charge is -2.18. The SMILES string of the molecule is CC/C=C\C/C=C\C/C=C\C/C=C\C/C=C\CC(=O)OCC(COC(=O)CCCCCCCCCCCCC/C=C\CCCCCCCCCC)OC(=O)CCCCCCCCC/C=C\C/C=C\CCCCCC. The standard InChI is InChI=1S/C68H116O6/c1-4-7-10-13-16-19-22-25-28-30-32-33-34-35-36-38-40-43-46-49-52-55-58-61-67(70)73-64-65(63-72-66(69)60-57-54-51-48-45-42-39-27-24-21-18-15-12-9-6-3)74-68(71)62-59-56-53-50-47-44-41-37-31-29-26-23-20-17-14-11-8-5-2/h9,12,18,20-21,23,27,29-32,39,45,48,54,57,65H,4-8,10-11,13-17,19,22,24-26,28,33-38,40-44,46-47,49-53,55-56,58-64H2,1-3H3/b12-9-,21-18-,23-20-,31-29-,32-30-,39-27-,48-45-,57-54-. The number of hydrogen-bond donors (Lipinski definition) is 0. The molecule has 0 aromatic heterocycles. The second kappa shape index (κ2) is 61.9. The minimum Gasteiger partial charge on any atom is -0.462 e. The van der Waals surface area contributed by atoms with E-state index >= 15 is 0 Å². The summed E-state index contributed by atoms with van der Waals surface area (Å²) in [5.74, 6) is -1.05. The molecule has 0 N–H and O–H groups in total. The Hall–Kier alpha value is -3.67. The van der Waals surface area contributed by atoms with Gasteiger partial charge in [-0.05, 0) is 103 Å². The van der Waals surface area contributed by atoms with Crippen LogP contribution in [0.1, 0.15) is 297 Å². The molecule has 0 spiro atoms. The number of hydrogen-bond acceptors (Lipinski definition) is 6. The van der Waals surface area contributed by atoms with E-state index in [0.717, 1.165) is 83.5 Å². The molecule has 0 heterocycles. The topological polar surface area (TPSA) is 78.9 Å². The highest BCUT2D eigenvalue weighted by Gasteiger charge is 2.19. The van der Waals surface area contributed by atoms with E-state index in [1.54, 1.807) is 6.08 Å². The van der Waals surface area contributed by atoms with E-state index in [9.17, 15) is 14.4 Å². The van der Waals surface area contributed by atoms with Crippen molar-refractivity contribution in [2.45, 2.75) is 303 Å². The van der Waals surface area contributed by atoms with Gasteiger partial charge in [0.05, 0.1) is 6.42 Å². The predicted octanol–water partition coefficient (Wildman–Crippen LogP) is 21.3. The van der Waals surface area contributed by atoms with Crippen LogP contribution < -0.4 is 0 Å². The summed E-state index contributed by atoms with van der Waals surface area (Å²) in [7, 11) is 0. The first-order valence-corrected chi connectivity index (χ1v) is 31.2. The molecular weight excluding hydrogens is 913 g/mol. The number of allylic oxidation sites excluding steroid dienone is 15. The summed E-state index contributed by atoms with van der Waals surface area (Å²) in [4.78, 5) is 38.2.